The molecule has 1 saturated heterocycles. The van der Waals surface area contributed by atoms with Gasteiger partial charge in [0.05, 0.1) is 0 Å². The van der Waals surface area contributed by atoms with Crippen molar-refractivity contribution in [2.24, 2.45) is 5.92 Å². The van der Waals surface area contributed by atoms with Gasteiger partial charge in [0.25, 0.3) is 0 Å². The molecule has 0 aliphatic carbocycles. The molecule has 1 nitrogen and oxygen atoms in total. The number of benzene rings is 1. The SMILES string of the molecule is CCC1CCNC(Cc2ccccc2F)C1. The molecule has 0 spiro atoms. The Kier molecular flexibility index (Phi) is 3.94. The van der Waals surface area contributed by atoms with Crippen LogP contribution in [-0.4, -0.2) is 12.6 Å². The summed E-state index contributed by atoms with van der Waals surface area (Å²) in [6.45, 7) is 3.33. The second-order valence-corrected chi connectivity index (χ2v) is 4.75. The number of piperidine rings is 1. The molecule has 1 N–H and O–H groups in total. The maximum atomic E-state index is 13.5. The standard InChI is InChI=1S/C14H20FN/c1-2-11-7-8-16-13(9-11)10-12-5-3-4-6-14(12)15/h3-6,11,13,16H,2,7-10H2,1H3. The first-order chi connectivity index (χ1) is 7.79. The van der Waals surface area contributed by atoms with Gasteiger partial charge in [-0.25, -0.2) is 4.39 Å². The first-order valence-corrected chi connectivity index (χ1v) is 6.26. The summed E-state index contributed by atoms with van der Waals surface area (Å²) in [5.74, 6) is 0.751. The molecule has 0 radical (unpaired) electrons. The van der Waals surface area contributed by atoms with E-state index in [2.05, 4.69) is 12.2 Å². The molecular formula is C14H20FN. The topological polar surface area (TPSA) is 12.0 Å². The molecule has 0 saturated carbocycles. The molecule has 88 valence electrons. The summed E-state index contributed by atoms with van der Waals surface area (Å²) >= 11 is 0. The van der Waals surface area contributed by atoms with Crippen molar-refractivity contribution in [2.45, 2.75) is 38.6 Å². The van der Waals surface area contributed by atoms with E-state index < -0.39 is 0 Å². The summed E-state index contributed by atoms with van der Waals surface area (Å²) in [5, 5.41) is 3.49. The molecule has 2 rings (SSSR count). The van der Waals surface area contributed by atoms with Crippen molar-refractivity contribution in [2.75, 3.05) is 6.54 Å². The highest BCUT2D eigenvalue weighted by atomic mass is 19.1. The largest absolute Gasteiger partial charge is 0.314 e. The summed E-state index contributed by atoms with van der Waals surface area (Å²) in [7, 11) is 0. The van der Waals surface area contributed by atoms with Crippen LogP contribution in [0.4, 0.5) is 4.39 Å². The monoisotopic (exact) mass is 221 g/mol. The Morgan fingerprint density at radius 3 is 2.94 bits per heavy atom. The van der Waals surface area contributed by atoms with Gasteiger partial charge in [0, 0.05) is 6.04 Å². The summed E-state index contributed by atoms with van der Waals surface area (Å²) in [4.78, 5) is 0. The molecule has 0 aromatic heterocycles. The number of nitrogens with one attached hydrogen (secondary N) is 1. The summed E-state index contributed by atoms with van der Waals surface area (Å²) in [6, 6.07) is 7.57. The molecule has 0 amide bonds. The van der Waals surface area contributed by atoms with Gasteiger partial charge in [0.15, 0.2) is 0 Å². The quantitative estimate of drug-likeness (QED) is 0.826. The summed E-state index contributed by atoms with van der Waals surface area (Å²) in [5.41, 5.74) is 0.844. The molecule has 1 fully saturated rings. The Labute approximate surface area is 97.1 Å². The van der Waals surface area contributed by atoms with Gasteiger partial charge < -0.3 is 5.32 Å². The van der Waals surface area contributed by atoms with E-state index in [4.69, 9.17) is 0 Å². The predicted octanol–water partition coefficient (Wildman–Crippen LogP) is 3.15. The zero-order valence-corrected chi connectivity index (χ0v) is 9.88. The number of hydrogen-bond donors (Lipinski definition) is 1. The van der Waals surface area contributed by atoms with E-state index >= 15 is 0 Å². The lowest BCUT2D eigenvalue weighted by Gasteiger charge is -2.29. The minimum Gasteiger partial charge on any atom is -0.314 e. The zero-order valence-electron chi connectivity index (χ0n) is 9.88. The van der Waals surface area contributed by atoms with Gasteiger partial charge in [-0.1, -0.05) is 31.5 Å². The van der Waals surface area contributed by atoms with Crippen molar-refractivity contribution in [3.8, 4) is 0 Å². The number of hydrogen-bond acceptors (Lipinski definition) is 1. The summed E-state index contributed by atoms with van der Waals surface area (Å²) in [6.07, 6.45) is 4.52. The van der Waals surface area contributed by atoms with E-state index in [0.717, 1.165) is 24.4 Å². The van der Waals surface area contributed by atoms with Crippen LogP contribution in [-0.2, 0) is 6.42 Å². The number of rotatable bonds is 3. The second-order valence-electron chi connectivity index (χ2n) is 4.75. The van der Waals surface area contributed by atoms with E-state index in [0.29, 0.717) is 6.04 Å². The average molecular weight is 221 g/mol. The van der Waals surface area contributed by atoms with Crippen molar-refractivity contribution < 1.29 is 4.39 Å². The first kappa shape index (κ1) is 11.6. The van der Waals surface area contributed by atoms with Gasteiger partial charge in [-0.2, -0.15) is 0 Å². The van der Waals surface area contributed by atoms with Crippen molar-refractivity contribution >= 4 is 0 Å². The highest BCUT2D eigenvalue weighted by Crippen LogP contribution is 2.22. The maximum absolute atomic E-state index is 13.5. The Morgan fingerprint density at radius 2 is 2.19 bits per heavy atom. The van der Waals surface area contributed by atoms with Crippen LogP contribution in [0.25, 0.3) is 0 Å². The summed E-state index contributed by atoms with van der Waals surface area (Å²) < 4.78 is 13.5. The maximum Gasteiger partial charge on any atom is 0.126 e. The fraction of sp³-hybridized carbons (Fsp3) is 0.571. The molecule has 2 atom stereocenters. The highest BCUT2D eigenvalue weighted by Gasteiger charge is 2.20. The van der Waals surface area contributed by atoms with Crippen LogP contribution in [0.3, 0.4) is 0 Å². The van der Waals surface area contributed by atoms with Gasteiger partial charge in [-0.3, -0.25) is 0 Å². The fourth-order valence-corrected chi connectivity index (χ4v) is 2.55. The minimum absolute atomic E-state index is 0.0667. The molecule has 2 heteroatoms. The zero-order chi connectivity index (χ0) is 11.4. The van der Waals surface area contributed by atoms with Gasteiger partial charge in [0.1, 0.15) is 5.82 Å². The molecule has 1 aliphatic rings. The lowest BCUT2D eigenvalue weighted by atomic mass is 9.87. The smallest absolute Gasteiger partial charge is 0.126 e. The molecular weight excluding hydrogens is 201 g/mol. The average Bonchev–Trinajstić information content (AvgIpc) is 2.32. The van der Waals surface area contributed by atoms with Crippen LogP contribution in [0.5, 0.6) is 0 Å². The first-order valence-electron chi connectivity index (χ1n) is 6.26. The van der Waals surface area contributed by atoms with Crippen LogP contribution in [0, 0.1) is 11.7 Å². The lowest BCUT2D eigenvalue weighted by Crippen LogP contribution is -2.39. The molecule has 2 unspecified atom stereocenters. The fourth-order valence-electron chi connectivity index (χ4n) is 2.55. The van der Waals surface area contributed by atoms with Gasteiger partial charge in [0.2, 0.25) is 0 Å². The predicted molar refractivity (Wildman–Crippen MR) is 64.9 cm³/mol. The Hall–Kier alpha value is -0.890. The Bertz CT molecular complexity index is 337. The van der Waals surface area contributed by atoms with Crippen LogP contribution < -0.4 is 5.32 Å². The molecule has 0 bridgehead atoms. The third-order valence-electron chi connectivity index (χ3n) is 3.60. The van der Waals surface area contributed by atoms with Crippen LogP contribution in [0.15, 0.2) is 24.3 Å². The van der Waals surface area contributed by atoms with Crippen LogP contribution >= 0.6 is 0 Å². The molecule has 1 heterocycles. The molecule has 16 heavy (non-hydrogen) atoms. The van der Waals surface area contributed by atoms with Crippen molar-refractivity contribution in [3.05, 3.63) is 35.6 Å². The highest BCUT2D eigenvalue weighted by molar-refractivity contribution is 5.18. The van der Waals surface area contributed by atoms with Gasteiger partial charge in [-0.05, 0) is 43.4 Å². The Morgan fingerprint density at radius 1 is 1.38 bits per heavy atom. The van der Waals surface area contributed by atoms with E-state index in [1.54, 1.807) is 12.1 Å². The Balaban J connectivity index is 1.97. The van der Waals surface area contributed by atoms with Gasteiger partial charge in [-0.15, -0.1) is 0 Å². The molecule has 1 aliphatic heterocycles. The normalized spacial score (nSPS) is 25.6. The third-order valence-corrected chi connectivity index (χ3v) is 3.60. The van der Waals surface area contributed by atoms with Gasteiger partial charge >= 0.3 is 0 Å². The second kappa shape index (κ2) is 5.44. The van der Waals surface area contributed by atoms with E-state index in [1.165, 1.54) is 19.3 Å². The third kappa shape index (κ3) is 2.82. The van der Waals surface area contributed by atoms with E-state index in [-0.39, 0.29) is 5.82 Å². The van der Waals surface area contributed by atoms with Crippen molar-refractivity contribution in [3.63, 3.8) is 0 Å². The van der Waals surface area contributed by atoms with E-state index in [1.807, 2.05) is 12.1 Å². The lowest BCUT2D eigenvalue weighted by molar-refractivity contribution is 0.292. The molecule has 1 aromatic rings. The van der Waals surface area contributed by atoms with E-state index in [9.17, 15) is 4.39 Å². The van der Waals surface area contributed by atoms with Crippen LogP contribution in [0.1, 0.15) is 31.7 Å². The van der Waals surface area contributed by atoms with Crippen molar-refractivity contribution in [1.82, 2.24) is 5.32 Å². The van der Waals surface area contributed by atoms with Crippen molar-refractivity contribution in [1.29, 1.82) is 0 Å². The minimum atomic E-state index is -0.0667. The molecule has 1 aromatic carbocycles. The van der Waals surface area contributed by atoms with Crippen LogP contribution in [0.2, 0.25) is 0 Å². The number of halogens is 1.